The first-order chi connectivity index (χ1) is 15.8. The van der Waals surface area contributed by atoms with E-state index >= 15 is 0 Å². The van der Waals surface area contributed by atoms with E-state index in [2.05, 4.69) is 16.4 Å². The molecule has 0 aliphatic rings. The van der Waals surface area contributed by atoms with Gasteiger partial charge in [0.2, 0.25) is 0 Å². The number of ether oxygens (including phenoxy) is 2. The number of aliphatic hydroxyl groups excluding tert-OH is 1. The van der Waals surface area contributed by atoms with Gasteiger partial charge in [0.25, 0.3) is 0 Å². The Hall–Kier alpha value is -2.44. The molecule has 0 aromatic rings. The van der Waals surface area contributed by atoms with Crippen molar-refractivity contribution in [2.45, 2.75) is 104 Å². The van der Waals surface area contributed by atoms with Crippen LogP contribution in [0, 0.1) is 0 Å². The third kappa shape index (κ3) is 36.3. The molecule has 208 valence electrons. The highest BCUT2D eigenvalue weighted by atomic mass is 16.6. The Morgan fingerprint density at radius 2 is 1.37 bits per heavy atom. The van der Waals surface area contributed by atoms with Crippen molar-refractivity contribution in [1.29, 1.82) is 0 Å². The summed E-state index contributed by atoms with van der Waals surface area (Å²) >= 11 is 0. The maximum absolute atomic E-state index is 12.4. The summed E-state index contributed by atoms with van der Waals surface area (Å²) < 4.78 is 10.7. The summed E-state index contributed by atoms with van der Waals surface area (Å²) in [5.41, 5.74) is 2.47. The Balaban J connectivity index is -0.00000110. The lowest BCUT2D eigenvalue weighted by Crippen LogP contribution is -2.86. The van der Waals surface area contributed by atoms with Gasteiger partial charge in [-0.05, 0) is 74.7 Å². The van der Waals surface area contributed by atoms with Gasteiger partial charge in [-0.2, -0.15) is 0 Å². The zero-order chi connectivity index (χ0) is 28.2. The first-order valence-corrected chi connectivity index (χ1v) is 11.7. The molecule has 0 unspecified atom stereocenters. The van der Waals surface area contributed by atoms with E-state index in [0.29, 0.717) is 19.4 Å². The van der Waals surface area contributed by atoms with Crippen LogP contribution in [0.4, 0.5) is 4.79 Å². The van der Waals surface area contributed by atoms with Gasteiger partial charge >= 0.3 is 12.1 Å². The lowest BCUT2D eigenvalue weighted by molar-refractivity contribution is -0.661. The topological polar surface area (TPSA) is 209 Å². The number of carboxylic acids is 2. The molecule has 0 spiro atoms. The zero-order valence-corrected chi connectivity index (χ0v) is 22.6. The van der Waals surface area contributed by atoms with E-state index in [4.69, 9.17) is 29.3 Å². The Kier molecular flexibility index (Phi) is 21.0. The fraction of sp³-hybridized carbons (Fsp3) is 0.826. The van der Waals surface area contributed by atoms with Crippen LogP contribution in [0.5, 0.6) is 0 Å². The van der Waals surface area contributed by atoms with Gasteiger partial charge < -0.3 is 50.7 Å². The van der Waals surface area contributed by atoms with Crippen LogP contribution in [0.3, 0.4) is 0 Å². The van der Waals surface area contributed by atoms with Crippen molar-refractivity contribution >= 4 is 24.0 Å². The number of esters is 1. The van der Waals surface area contributed by atoms with Gasteiger partial charge in [-0.25, -0.2) is 9.59 Å². The van der Waals surface area contributed by atoms with Crippen molar-refractivity contribution in [3.63, 3.8) is 0 Å². The van der Waals surface area contributed by atoms with E-state index in [1.54, 1.807) is 41.5 Å². The molecular formula is C23H47N3O9. The molecule has 0 heterocycles. The lowest BCUT2D eigenvalue weighted by Gasteiger charge is -2.26. The quantitative estimate of drug-likeness (QED) is 0.170. The van der Waals surface area contributed by atoms with Gasteiger partial charge in [0.15, 0.2) is 0 Å². The third-order valence-corrected chi connectivity index (χ3v) is 3.51. The largest absolute Gasteiger partial charge is 0.550 e. The van der Waals surface area contributed by atoms with Crippen LogP contribution in [0.1, 0.15) is 81.1 Å². The van der Waals surface area contributed by atoms with Crippen molar-refractivity contribution in [3.8, 4) is 0 Å². The summed E-state index contributed by atoms with van der Waals surface area (Å²) in [5, 5.41) is 32.1. The van der Waals surface area contributed by atoms with E-state index in [1.165, 1.54) is 0 Å². The molecule has 0 saturated carbocycles. The minimum absolute atomic E-state index is 0.328. The highest BCUT2D eigenvalue weighted by molar-refractivity contribution is 5.81. The predicted octanol–water partition coefficient (Wildman–Crippen LogP) is -2.54. The molecule has 0 aromatic heterocycles. The number of hydrogen-bond acceptors (Lipinski definition) is 9. The first kappa shape index (κ1) is 37.1. The van der Waals surface area contributed by atoms with Crippen LogP contribution in [0.15, 0.2) is 0 Å². The highest BCUT2D eigenvalue weighted by Crippen LogP contribution is 2.13. The number of alkyl carbamates (subject to hydrolysis) is 1. The van der Waals surface area contributed by atoms with Crippen molar-refractivity contribution in [1.82, 2.24) is 5.32 Å². The van der Waals surface area contributed by atoms with E-state index in [-0.39, 0.29) is 6.10 Å². The average Bonchev–Trinajstić information content (AvgIpc) is 2.59. The van der Waals surface area contributed by atoms with Crippen molar-refractivity contribution in [2.75, 3.05) is 19.6 Å². The zero-order valence-electron chi connectivity index (χ0n) is 22.6. The summed E-state index contributed by atoms with van der Waals surface area (Å²) in [6.45, 7) is 14.9. The fourth-order valence-corrected chi connectivity index (χ4v) is 2.37. The number of quaternary nitrogens is 2. The number of aliphatic hydroxyl groups is 1. The maximum atomic E-state index is 12.4. The Morgan fingerprint density at radius 3 is 1.77 bits per heavy atom. The molecule has 0 bridgehead atoms. The Bertz CT molecular complexity index is 594. The standard InChI is InChI=1S/C19H39N3O5.2C2H4O2/c1-18(2,3)26-16(24)15(22-17(25)27-19(4,5)6)9-7-8-12-21-13-14(23)10-11-20;2*1-2(3)4/h14-15,21,23H,7-13,20H2,1-6H3,(H,22,25);2*1H3,(H,3,4)/t14-,15-;;/m0../s1. The van der Waals surface area contributed by atoms with Crippen molar-refractivity contribution in [2.24, 2.45) is 0 Å². The van der Waals surface area contributed by atoms with E-state index in [9.17, 15) is 14.7 Å². The van der Waals surface area contributed by atoms with Gasteiger partial charge in [-0.1, -0.05) is 0 Å². The monoisotopic (exact) mass is 509 g/mol. The molecule has 0 radical (unpaired) electrons. The fourth-order valence-electron chi connectivity index (χ4n) is 2.37. The number of nitrogens with one attached hydrogen (secondary N) is 1. The minimum atomic E-state index is -1.08. The van der Waals surface area contributed by atoms with Gasteiger partial charge in [-0.15, -0.1) is 0 Å². The second kappa shape index (κ2) is 19.8. The van der Waals surface area contributed by atoms with Crippen LogP contribution in [-0.4, -0.2) is 72.1 Å². The van der Waals surface area contributed by atoms with Crippen LogP contribution in [0.2, 0.25) is 0 Å². The second-order valence-corrected chi connectivity index (χ2v) is 9.82. The van der Waals surface area contributed by atoms with E-state index in [1.807, 2.05) is 0 Å². The minimum Gasteiger partial charge on any atom is -0.550 e. The molecule has 0 fully saturated rings. The SMILES string of the molecule is CC(=O)[O-].CC(=O)[O-].CC(C)(C)OC(=O)N[C@@H](CCCC[NH2+]C[C@@H](O)CC[NH3+])C(=O)OC(C)(C)C. The first-order valence-electron chi connectivity index (χ1n) is 11.7. The van der Waals surface area contributed by atoms with Gasteiger partial charge in [0.05, 0.1) is 13.1 Å². The van der Waals surface area contributed by atoms with Gasteiger partial charge in [-0.3, -0.25) is 0 Å². The normalized spacial score (nSPS) is 12.5. The smallest absolute Gasteiger partial charge is 0.408 e. The molecule has 12 heteroatoms. The number of hydrogen-bond donors (Lipinski definition) is 4. The number of unbranched alkanes of at least 4 members (excludes halogenated alkanes) is 1. The number of rotatable bonds is 11. The number of aliphatic carboxylic acids is 2. The molecule has 0 aromatic carbocycles. The molecular weight excluding hydrogens is 462 g/mol. The molecule has 35 heavy (non-hydrogen) atoms. The van der Waals surface area contributed by atoms with Crippen LogP contribution < -0.4 is 26.6 Å². The second-order valence-electron chi connectivity index (χ2n) is 9.82. The maximum Gasteiger partial charge on any atom is 0.408 e. The summed E-state index contributed by atoms with van der Waals surface area (Å²) in [4.78, 5) is 42.2. The van der Waals surface area contributed by atoms with Crippen molar-refractivity contribution in [3.05, 3.63) is 0 Å². The number of amides is 1. The lowest BCUT2D eigenvalue weighted by atomic mass is 10.1. The summed E-state index contributed by atoms with van der Waals surface area (Å²) in [6.07, 6.45) is 1.85. The van der Waals surface area contributed by atoms with Gasteiger partial charge in [0.1, 0.15) is 29.9 Å². The average molecular weight is 510 g/mol. The molecule has 7 N–H and O–H groups in total. The van der Waals surface area contributed by atoms with Crippen LogP contribution in [-0.2, 0) is 23.9 Å². The van der Waals surface area contributed by atoms with E-state index in [0.717, 1.165) is 39.8 Å². The summed E-state index contributed by atoms with van der Waals surface area (Å²) in [5.74, 6) is -2.62. The third-order valence-electron chi connectivity index (χ3n) is 3.51. The molecule has 12 nitrogen and oxygen atoms in total. The number of carbonyl (C=O) groups is 4. The van der Waals surface area contributed by atoms with Gasteiger partial charge in [0, 0.05) is 18.4 Å². The molecule has 0 saturated heterocycles. The summed E-state index contributed by atoms with van der Waals surface area (Å²) in [6, 6.07) is -0.740. The predicted molar refractivity (Wildman–Crippen MR) is 124 cm³/mol. The van der Waals surface area contributed by atoms with E-state index < -0.39 is 41.2 Å². The van der Waals surface area contributed by atoms with Crippen molar-refractivity contribution < 1.29 is 55.0 Å². The number of carboxylic acid groups (broad SMARTS) is 2. The molecule has 0 aliphatic heterocycles. The molecule has 0 aliphatic carbocycles. The van der Waals surface area contributed by atoms with Crippen LogP contribution in [0.25, 0.3) is 0 Å². The highest BCUT2D eigenvalue weighted by Gasteiger charge is 2.28. The Morgan fingerprint density at radius 1 is 0.914 bits per heavy atom. The molecule has 0 rings (SSSR count). The molecule has 2 atom stereocenters. The Labute approximate surface area is 208 Å². The number of carbonyl (C=O) groups excluding carboxylic acids is 4. The molecule has 1 amide bonds. The number of nitrogens with two attached hydrogens (primary N) is 1. The summed E-state index contributed by atoms with van der Waals surface area (Å²) in [7, 11) is 0. The van der Waals surface area contributed by atoms with Crippen LogP contribution >= 0.6 is 0 Å².